The van der Waals surface area contributed by atoms with Crippen molar-refractivity contribution in [2.45, 2.75) is 97.0 Å². The summed E-state index contributed by atoms with van der Waals surface area (Å²) in [6, 6.07) is 0. The summed E-state index contributed by atoms with van der Waals surface area (Å²) in [5, 5.41) is 0. The number of piperidine rings is 1. The Kier molecular flexibility index (Phi) is 5.60. The van der Waals surface area contributed by atoms with Gasteiger partial charge in [0.25, 0.3) is 0 Å². The van der Waals surface area contributed by atoms with E-state index in [1.807, 2.05) is 0 Å². The van der Waals surface area contributed by atoms with Crippen LogP contribution >= 0.6 is 0 Å². The zero-order valence-electron chi connectivity index (χ0n) is 19.0. The van der Waals surface area contributed by atoms with Gasteiger partial charge >= 0.3 is 0 Å². The summed E-state index contributed by atoms with van der Waals surface area (Å²) in [7, 11) is 0. The van der Waals surface area contributed by atoms with Crippen LogP contribution in [0.2, 0.25) is 0 Å². The minimum atomic E-state index is 0.0269. The summed E-state index contributed by atoms with van der Waals surface area (Å²) in [6.07, 6.45) is 15.8. The Morgan fingerprint density at radius 1 is 0.966 bits per heavy atom. The van der Waals surface area contributed by atoms with Crippen LogP contribution < -0.4 is 0 Å². The zero-order valence-corrected chi connectivity index (χ0v) is 19.0. The minimum absolute atomic E-state index is 0.0269. The molecule has 0 N–H and O–H groups in total. The molecule has 4 saturated carbocycles. The van der Waals surface area contributed by atoms with Crippen molar-refractivity contribution < 1.29 is 9.53 Å². The number of hydrogen-bond donors (Lipinski definition) is 0. The third kappa shape index (κ3) is 3.53. The monoisotopic (exact) mass is 401 g/mol. The molecule has 0 amide bonds. The molecule has 7 atom stereocenters. The first-order valence-corrected chi connectivity index (χ1v) is 12.9. The highest BCUT2D eigenvalue weighted by molar-refractivity contribution is 5.87. The van der Waals surface area contributed by atoms with Crippen molar-refractivity contribution in [1.82, 2.24) is 4.90 Å². The normalized spacial score (nSPS) is 48.1. The van der Waals surface area contributed by atoms with Crippen molar-refractivity contribution in [2.75, 3.05) is 26.2 Å². The van der Waals surface area contributed by atoms with Gasteiger partial charge < -0.3 is 9.64 Å². The van der Waals surface area contributed by atoms with Gasteiger partial charge in [0.2, 0.25) is 0 Å². The van der Waals surface area contributed by atoms with E-state index in [2.05, 4.69) is 18.7 Å². The van der Waals surface area contributed by atoms with Crippen LogP contribution in [0, 0.1) is 34.5 Å². The molecule has 4 unspecified atom stereocenters. The molecule has 0 bridgehead atoms. The molecule has 3 nitrogen and oxygen atoms in total. The highest BCUT2D eigenvalue weighted by Gasteiger charge is 2.60. The first-order chi connectivity index (χ1) is 14.0. The summed E-state index contributed by atoms with van der Waals surface area (Å²) in [6.45, 7) is 9.56. The molecule has 5 fully saturated rings. The van der Waals surface area contributed by atoms with Crippen molar-refractivity contribution in [2.24, 2.45) is 34.5 Å². The summed E-state index contributed by atoms with van der Waals surface area (Å²) in [4.78, 5) is 15.2. The van der Waals surface area contributed by atoms with Crippen LogP contribution in [0.25, 0.3) is 0 Å². The third-order valence-electron chi connectivity index (χ3n) is 10.5. The number of Topliss-reactive ketones (excluding diaryl/α,β-unsaturated/α-hetero) is 1. The fourth-order valence-electron chi connectivity index (χ4n) is 8.67. The number of likely N-dealkylation sites (tertiary alicyclic amines) is 1. The van der Waals surface area contributed by atoms with Gasteiger partial charge in [0.05, 0.1) is 12.7 Å². The lowest BCUT2D eigenvalue weighted by Gasteiger charge is -2.60. The number of ether oxygens (including phenoxy) is 1. The third-order valence-corrected chi connectivity index (χ3v) is 10.5. The Labute approximate surface area is 178 Å². The molecule has 5 rings (SSSR count). The molecule has 5 aliphatic rings. The Bertz CT molecular complexity index is 614. The average Bonchev–Trinajstić information content (AvgIpc) is 3.04. The lowest BCUT2D eigenvalue weighted by molar-refractivity contribution is -0.145. The van der Waals surface area contributed by atoms with E-state index in [-0.39, 0.29) is 5.41 Å². The van der Waals surface area contributed by atoms with Gasteiger partial charge in [-0.25, -0.2) is 0 Å². The van der Waals surface area contributed by atoms with E-state index in [1.54, 1.807) is 0 Å². The molecule has 4 aliphatic carbocycles. The summed E-state index contributed by atoms with van der Waals surface area (Å²) in [5.41, 5.74) is 0.530. The summed E-state index contributed by atoms with van der Waals surface area (Å²) < 4.78 is 6.43. The molecule has 1 aliphatic heterocycles. The van der Waals surface area contributed by atoms with Crippen LogP contribution in [0.5, 0.6) is 0 Å². The number of hydrogen-bond acceptors (Lipinski definition) is 3. The maximum absolute atomic E-state index is 12.6. The second-order valence-corrected chi connectivity index (χ2v) is 11.7. The van der Waals surface area contributed by atoms with Crippen LogP contribution in [-0.2, 0) is 9.53 Å². The Hall–Kier alpha value is -0.410. The predicted octanol–water partition coefficient (Wildman–Crippen LogP) is 5.47. The van der Waals surface area contributed by atoms with Gasteiger partial charge in [-0.1, -0.05) is 20.3 Å². The fraction of sp³-hybridized carbons (Fsp3) is 0.962. The number of rotatable bonds is 4. The number of ketones is 1. The SMILES string of the molecule is C[C@]12CC[C@H](OCCN3CCCCC3)CC1CCC1C2CC[C@]2(C)C(=O)CCC12. The van der Waals surface area contributed by atoms with Gasteiger partial charge in [-0.05, 0) is 106 Å². The first-order valence-electron chi connectivity index (χ1n) is 12.9. The molecule has 0 aromatic rings. The molecule has 1 heterocycles. The fourth-order valence-corrected chi connectivity index (χ4v) is 8.67. The van der Waals surface area contributed by atoms with Crippen molar-refractivity contribution in [3.8, 4) is 0 Å². The van der Waals surface area contributed by atoms with E-state index in [0.29, 0.717) is 23.2 Å². The maximum Gasteiger partial charge on any atom is 0.139 e. The molecule has 0 spiro atoms. The number of carbonyl (C=O) groups is 1. The van der Waals surface area contributed by atoms with Gasteiger partial charge in [0.15, 0.2) is 0 Å². The quantitative estimate of drug-likeness (QED) is 0.625. The minimum Gasteiger partial charge on any atom is -0.377 e. The van der Waals surface area contributed by atoms with Gasteiger partial charge in [0, 0.05) is 18.4 Å². The molecule has 164 valence electrons. The van der Waals surface area contributed by atoms with Crippen LogP contribution in [0.1, 0.15) is 90.9 Å². The smallest absolute Gasteiger partial charge is 0.139 e. The highest BCUT2D eigenvalue weighted by Crippen LogP contribution is 2.65. The van der Waals surface area contributed by atoms with Gasteiger partial charge in [-0.3, -0.25) is 4.79 Å². The number of nitrogens with zero attached hydrogens (tertiary/aromatic N) is 1. The number of carbonyl (C=O) groups excluding carboxylic acids is 1. The van der Waals surface area contributed by atoms with Crippen LogP contribution in [0.15, 0.2) is 0 Å². The predicted molar refractivity (Wildman–Crippen MR) is 117 cm³/mol. The highest BCUT2D eigenvalue weighted by atomic mass is 16.5. The molecule has 0 aromatic carbocycles. The van der Waals surface area contributed by atoms with E-state index in [1.165, 1.54) is 77.3 Å². The van der Waals surface area contributed by atoms with Crippen LogP contribution in [-0.4, -0.2) is 43.0 Å². The summed E-state index contributed by atoms with van der Waals surface area (Å²) in [5.74, 6) is 3.79. The van der Waals surface area contributed by atoms with Gasteiger partial charge in [0.1, 0.15) is 5.78 Å². The van der Waals surface area contributed by atoms with E-state index < -0.39 is 0 Å². The molecule has 0 radical (unpaired) electrons. The molecule has 1 saturated heterocycles. The van der Waals surface area contributed by atoms with Crippen LogP contribution in [0.3, 0.4) is 0 Å². The molecule has 29 heavy (non-hydrogen) atoms. The van der Waals surface area contributed by atoms with Crippen molar-refractivity contribution in [3.63, 3.8) is 0 Å². The molecular weight excluding hydrogens is 358 g/mol. The molecule has 3 heteroatoms. The molecular formula is C26H43NO2. The molecule has 0 aromatic heterocycles. The number of fused-ring (bicyclic) bond motifs is 5. The zero-order chi connectivity index (χ0) is 20.1. The largest absolute Gasteiger partial charge is 0.377 e. The summed E-state index contributed by atoms with van der Waals surface area (Å²) >= 11 is 0. The van der Waals surface area contributed by atoms with Crippen LogP contribution in [0.4, 0.5) is 0 Å². The topological polar surface area (TPSA) is 29.5 Å². The van der Waals surface area contributed by atoms with Crippen molar-refractivity contribution in [1.29, 1.82) is 0 Å². The Balaban J connectivity index is 1.18. The standard InChI is InChI=1S/C26H43NO2/c1-25-12-10-20(29-17-16-27-14-4-3-5-15-27)18-19(25)6-7-21-22-8-9-24(28)26(22,2)13-11-23(21)25/h19-23H,3-18H2,1-2H3/t19?,20-,21?,22?,23?,25-,26-/m0/s1. The van der Waals surface area contributed by atoms with E-state index in [4.69, 9.17) is 4.74 Å². The van der Waals surface area contributed by atoms with Gasteiger partial charge in [-0.15, -0.1) is 0 Å². The lowest BCUT2D eigenvalue weighted by Crippen LogP contribution is -2.54. The average molecular weight is 402 g/mol. The van der Waals surface area contributed by atoms with E-state index in [0.717, 1.165) is 43.7 Å². The van der Waals surface area contributed by atoms with E-state index >= 15 is 0 Å². The van der Waals surface area contributed by atoms with E-state index in [9.17, 15) is 4.79 Å². The second-order valence-electron chi connectivity index (χ2n) is 11.7. The second kappa shape index (κ2) is 7.93. The maximum atomic E-state index is 12.6. The lowest BCUT2D eigenvalue weighted by atomic mass is 9.45. The Morgan fingerprint density at radius 2 is 1.79 bits per heavy atom. The van der Waals surface area contributed by atoms with Gasteiger partial charge in [-0.2, -0.15) is 0 Å². The Morgan fingerprint density at radius 3 is 2.62 bits per heavy atom. The van der Waals surface area contributed by atoms with Crippen molar-refractivity contribution >= 4 is 5.78 Å². The van der Waals surface area contributed by atoms with Crippen molar-refractivity contribution in [3.05, 3.63) is 0 Å². The first kappa shape index (κ1) is 20.5.